The van der Waals surface area contributed by atoms with Crippen LogP contribution in [0.3, 0.4) is 0 Å². The number of aromatic carboxylic acids is 1. The largest absolute Gasteiger partial charge is 0.477 e. The Balaban J connectivity index is 2.08. The number of hydrogen-bond acceptors (Lipinski definition) is 4. The van der Waals surface area contributed by atoms with Crippen molar-refractivity contribution in [2.45, 2.75) is 41.9 Å². The van der Waals surface area contributed by atoms with Crippen LogP contribution in [0.15, 0.2) is 17.2 Å². The maximum Gasteiger partial charge on any atom is 0.352 e. The number of thioether (sulfide) groups is 1. The Kier molecular flexibility index (Phi) is 4.77. The Labute approximate surface area is 122 Å². The fourth-order valence-corrected chi connectivity index (χ4v) is 4.51. The molecule has 1 aromatic rings. The highest BCUT2D eigenvalue weighted by Gasteiger charge is 2.27. The molecule has 1 fully saturated rings. The lowest BCUT2D eigenvalue weighted by molar-refractivity contribution is 0.0691. The molecular formula is C12H18N2O4S2. The maximum absolute atomic E-state index is 12.2. The van der Waals surface area contributed by atoms with Crippen LogP contribution in [0.25, 0.3) is 0 Å². The van der Waals surface area contributed by atoms with E-state index in [9.17, 15) is 13.2 Å². The first kappa shape index (κ1) is 15.4. The van der Waals surface area contributed by atoms with Crippen molar-refractivity contribution in [3.63, 3.8) is 0 Å². The van der Waals surface area contributed by atoms with Crippen molar-refractivity contribution in [3.05, 3.63) is 18.0 Å². The van der Waals surface area contributed by atoms with Gasteiger partial charge in [0.15, 0.2) is 0 Å². The molecule has 0 bridgehead atoms. The molecule has 0 aliphatic heterocycles. The third kappa shape index (κ3) is 3.56. The first-order valence-electron chi connectivity index (χ1n) is 6.39. The molecule has 6 nitrogen and oxygen atoms in total. The summed E-state index contributed by atoms with van der Waals surface area (Å²) >= 11 is 1.76. The van der Waals surface area contributed by atoms with Crippen molar-refractivity contribution in [2.24, 2.45) is 0 Å². The number of carboxylic acid groups (broad SMARTS) is 1. The zero-order valence-corrected chi connectivity index (χ0v) is 12.8. The molecule has 1 aliphatic rings. The third-order valence-corrected chi connectivity index (χ3v) is 6.07. The van der Waals surface area contributed by atoms with Crippen molar-refractivity contribution in [1.29, 1.82) is 0 Å². The highest BCUT2D eigenvalue weighted by atomic mass is 32.2. The molecule has 20 heavy (non-hydrogen) atoms. The van der Waals surface area contributed by atoms with Crippen molar-refractivity contribution < 1.29 is 18.3 Å². The number of hydrogen-bond donors (Lipinski definition) is 3. The van der Waals surface area contributed by atoms with Gasteiger partial charge in [-0.1, -0.05) is 6.42 Å². The highest BCUT2D eigenvalue weighted by molar-refractivity contribution is 7.99. The molecule has 0 amide bonds. The van der Waals surface area contributed by atoms with Crippen molar-refractivity contribution in [2.75, 3.05) is 6.26 Å². The predicted octanol–water partition coefficient (Wildman–Crippen LogP) is 1.67. The van der Waals surface area contributed by atoms with E-state index in [4.69, 9.17) is 5.11 Å². The van der Waals surface area contributed by atoms with Crippen LogP contribution in [0.2, 0.25) is 0 Å². The molecule has 2 unspecified atom stereocenters. The van der Waals surface area contributed by atoms with E-state index < -0.39 is 16.0 Å². The van der Waals surface area contributed by atoms with Gasteiger partial charge in [-0.2, -0.15) is 11.8 Å². The maximum atomic E-state index is 12.2. The van der Waals surface area contributed by atoms with Gasteiger partial charge in [0, 0.05) is 17.5 Å². The van der Waals surface area contributed by atoms with Crippen molar-refractivity contribution in [1.82, 2.24) is 9.71 Å². The quantitative estimate of drug-likeness (QED) is 0.767. The summed E-state index contributed by atoms with van der Waals surface area (Å²) in [5.41, 5.74) is -0.129. The summed E-state index contributed by atoms with van der Waals surface area (Å²) in [6.07, 6.45) is 7.01. The fraction of sp³-hybridized carbons (Fsp3) is 0.583. The van der Waals surface area contributed by atoms with E-state index in [1.54, 1.807) is 11.8 Å². The molecule has 112 valence electrons. The Morgan fingerprint density at radius 1 is 1.50 bits per heavy atom. The van der Waals surface area contributed by atoms with Crippen LogP contribution in [0, 0.1) is 0 Å². The molecule has 1 saturated carbocycles. The monoisotopic (exact) mass is 318 g/mol. The molecule has 0 radical (unpaired) electrons. The number of carboxylic acids is 1. The van der Waals surface area contributed by atoms with E-state index in [0.29, 0.717) is 5.25 Å². The summed E-state index contributed by atoms with van der Waals surface area (Å²) in [7, 11) is -3.66. The molecule has 2 rings (SSSR count). The Morgan fingerprint density at radius 2 is 2.25 bits per heavy atom. The molecular weight excluding hydrogens is 300 g/mol. The van der Waals surface area contributed by atoms with Crippen LogP contribution < -0.4 is 4.72 Å². The second-order valence-electron chi connectivity index (χ2n) is 4.90. The number of nitrogens with one attached hydrogen (secondary N) is 2. The summed E-state index contributed by atoms with van der Waals surface area (Å²) < 4.78 is 27.1. The number of aromatic amines is 1. The Morgan fingerprint density at radius 3 is 2.85 bits per heavy atom. The summed E-state index contributed by atoms with van der Waals surface area (Å²) in [4.78, 5) is 13.2. The van der Waals surface area contributed by atoms with Gasteiger partial charge in [0.25, 0.3) is 0 Å². The van der Waals surface area contributed by atoms with Gasteiger partial charge in [0.2, 0.25) is 10.0 Å². The molecule has 0 spiro atoms. The lowest BCUT2D eigenvalue weighted by Gasteiger charge is -2.28. The van der Waals surface area contributed by atoms with E-state index >= 15 is 0 Å². The normalized spacial score (nSPS) is 23.6. The average Bonchev–Trinajstić information content (AvgIpc) is 2.89. The Hall–Kier alpha value is -0.990. The highest BCUT2D eigenvalue weighted by Crippen LogP contribution is 2.27. The average molecular weight is 318 g/mol. The molecule has 1 heterocycles. The van der Waals surface area contributed by atoms with Crippen LogP contribution in [-0.2, 0) is 10.0 Å². The molecule has 1 aromatic heterocycles. The lowest BCUT2D eigenvalue weighted by atomic mass is 9.96. The van der Waals surface area contributed by atoms with Gasteiger partial charge in [-0.15, -0.1) is 0 Å². The lowest BCUT2D eigenvalue weighted by Crippen LogP contribution is -2.38. The summed E-state index contributed by atoms with van der Waals surface area (Å²) in [5.74, 6) is -1.17. The van der Waals surface area contributed by atoms with Crippen LogP contribution in [-0.4, -0.2) is 42.0 Å². The molecule has 8 heteroatoms. The van der Waals surface area contributed by atoms with E-state index in [1.165, 1.54) is 6.20 Å². The van der Waals surface area contributed by atoms with Crippen molar-refractivity contribution >= 4 is 27.8 Å². The van der Waals surface area contributed by atoms with Gasteiger partial charge in [-0.3, -0.25) is 0 Å². The van der Waals surface area contributed by atoms with Crippen LogP contribution >= 0.6 is 11.8 Å². The number of H-pyrrole nitrogens is 1. The van der Waals surface area contributed by atoms with E-state index in [-0.39, 0.29) is 16.6 Å². The van der Waals surface area contributed by atoms with Gasteiger partial charge >= 0.3 is 5.97 Å². The topological polar surface area (TPSA) is 99.3 Å². The second-order valence-corrected chi connectivity index (χ2v) is 7.75. The van der Waals surface area contributed by atoms with Crippen LogP contribution in [0.1, 0.15) is 36.2 Å². The van der Waals surface area contributed by atoms with E-state index in [2.05, 4.69) is 9.71 Å². The molecule has 1 aliphatic carbocycles. The number of aromatic nitrogens is 1. The van der Waals surface area contributed by atoms with Gasteiger partial charge in [-0.25, -0.2) is 17.9 Å². The van der Waals surface area contributed by atoms with Gasteiger partial charge in [0.05, 0.1) is 0 Å². The fourth-order valence-electron chi connectivity index (χ4n) is 2.41. The summed E-state index contributed by atoms with van der Waals surface area (Å²) in [5, 5.41) is 9.29. The van der Waals surface area contributed by atoms with E-state index in [0.717, 1.165) is 31.7 Å². The minimum Gasteiger partial charge on any atom is -0.477 e. The second kappa shape index (κ2) is 6.19. The minimum atomic E-state index is -3.66. The Bertz CT molecular complexity index is 582. The van der Waals surface area contributed by atoms with Crippen LogP contribution in [0.4, 0.5) is 0 Å². The number of sulfonamides is 1. The number of rotatable bonds is 5. The standard InChI is InChI=1S/C12H18N2O4S2/c1-19-9-4-2-3-8(5-9)14-20(17,18)10-6-11(12(15)16)13-7-10/h6-9,13-14H,2-5H2,1H3,(H,15,16). The van der Waals surface area contributed by atoms with Crippen LogP contribution in [0.5, 0.6) is 0 Å². The van der Waals surface area contributed by atoms with Gasteiger partial charge in [0.1, 0.15) is 10.6 Å². The smallest absolute Gasteiger partial charge is 0.352 e. The zero-order chi connectivity index (χ0) is 14.8. The minimum absolute atomic E-state index is 0.0267. The molecule has 0 aromatic carbocycles. The molecule has 0 saturated heterocycles. The third-order valence-electron chi connectivity index (χ3n) is 3.48. The van der Waals surface area contributed by atoms with E-state index in [1.807, 2.05) is 6.26 Å². The van der Waals surface area contributed by atoms with Gasteiger partial charge in [-0.05, 0) is 31.6 Å². The molecule has 2 atom stereocenters. The summed E-state index contributed by atoms with van der Waals surface area (Å²) in [6.45, 7) is 0. The number of carbonyl (C=O) groups is 1. The van der Waals surface area contributed by atoms with Gasteiger partial charge < -0.3 is 10.1 Å². The first-order valence-corrected chi connectivity index (χ1v) is 9.16. The van der Waals surface area contributed by atoms with Crippen molar-refractivity contribution in [3.8, 4) is 0 Å². The molecule has 3 N–H and O–H groups in total. The summed E-state index contributed by atoms with van der Waals surface area (Å²) in [6, 6.07) is 1.06. The first-order chi connectivity index (χ1) is 9.42. The predicted molar refractivity (Wildman–Crippen MR) is 77.6 cm³/mol. The zero-order valence-electron chi connectivity index (χ0n) is 11.1. The SMILES string of the molecule is CSC1CCCC(NS(=O)(=O)c2c[nH]c(C(=O)O)c2)C1.